The standard InChI is InChI=1S/C17H26ClNO6/c1-8(2)17(24,25)15(19(3)4)16(6-5-7-16)9-11(20)13(22)10(18)14(23)12(9)21/h8,15,20-25H,5-7H2,1-4H3. The van der Waals surface area contributed by atoms with Gasteiger partial charge >= 0.3 is 0 Å². The maximum Gasteiger partial charge on any atom is 0.181 e. The summed E-state index contributed by atoms with van der Waals surface area (Å²) in [6.07, 6.45) is 1.57. The van der Waals surface area contributed by atoms with Crippen molar-refractivity contribution in [3.8, 4) is 23.0 Å². The Bertz CT molecular complexity index is 641. The van der Waals surface area contributed by atoms with Crippen LogP contribution in [-0.2, 0) is 5.41 Å². The van der Waals surface area contributed by atoms with E-state index >= 15 is 0 Å². The summed E-state index contributed by atoms with van der Waals surface area (Å²) in [6, 6.07) is -0.912. The third-order valence-electron chi connectivity index (χ3n) is 5.37. The van der Waals surface area contributed by atoms with Crippen molar-refractivity contribution in [2.24, 2.45) is 5.92 Å². The molecule has 0 aromatic heterocycles. The van der Waals surface area contributed by atoms with Crippen molar-refractivity contribution in [2.45, 2.75) is 50.4 Å². The highest BCUT2D eigenvalue weighted by molar-refractivity contribution is 6.34. The molecule has 25 heavy (non-hydrogen) atoms. The zero-order chi connectivity index (χ0) is 19.3. The van der Waals surface area contributed by atoms with E-state index in [2.05, 4.69) is 0 Å². The number of aliphatic hydroxyl groups is 2. The predicted octanol–water partition coefficient (Wildman–Crippen LogP) is 1.85. The Morgan fingerprint density at radius 3 is 1.68 bits per heavy atom. The topological polar surface area (TPSA) is 125 Å². The Labute approximate surface area is 151 Å². The quantitative estimate of drug-likeness (QED) is 0.263. The van der Waals surface area contributed by atoms with Crippen molar-refractivity contribution in [3.05, 3.63) is 10.6 Å². The Balaban J connectivity index is 2.78. The average molecular weight is 376 g/mol. The minimum atomic E-state index is -2.15. The number of hydrogen-bond donors (Lipinski definition) is 6. The van der Waals surface area contributed by atoms with E-state index in [1.54, 1.807) is 32.8 Å². The summed E-state index contributed by atoms with van der Waals surface area (Å²) in [5, 5.41) is 61.9. The van der Waals surface area contributed by atoms with Crippen LogP contribution in [0.15, 0.2) is 0 Å². The highest BCUT2D eigenvalue weighted by Gasteiger charge is 2.58. The fourth-order valence-corrected chi connectivity index (χ4v) is 4.13. The number of hydrogen-bond acceptors (Lipinski definition) is 7. The van der Waals surface area contributed by atoms with Gasteiger partial charge in [0.1, 0.15) is 5.02 Å². The lowest BCUT2D eigenvalue weighted by Gasteiger charge is -2.55. The molecule has 0 heterocycles. The summed E-state index contributed by atoms with van der Waals surface area (Å²) < 4.78 is 0. The van der Waals surface area contributed by atoms with Gasteiger partial charge in [-0.3, -0.25) is 0 Å². The Morgan fingerprint density at radius 2 is 1.40 bits per heavy atom. The van der Waals surface area contributed by atoms with Crippen molar-refractivity contribution in [1.82, 2.24) is 4.90 Å². The van der Waals surface area contributed by atoms with E-state index in [0.717, 1.165) is 6.42 Å². The molecule has 1 saturated carbocycles. The molecule has 1 fully saturated rings. The normalized spacial score (nSPS) is 18.4. The maximum absolute atomic E-state index is 10.8. The molecule has 1 atom stereocenters. The van der Waals surface area contributed by atoms with Gasteiger partial charge in [0.25, 0.3) is 0 Å². The van der Waals surface area contributed by atoms with Crippen LogP contribution in [0.5, 0.6) is 23.0 Å². The summed E-state index contributed by atoms with van der Waals surface area (Å²) in [5.41, 5.74) is -1.20. The summed E-state index contributed by atoms with van der Waals surface area (Å²) in [5.74, 6) is -5.51. The molecular formula is C17H26ClNO6. The van der Waals surface area contributed by atoms with Gasteiger partial charge in [0.2, 0.25) is 0 Å². The average Bonchev–Trinajstić information content (AvgIpc) is 2.47. The molecular weight excluding hydrogens is 350 g/mol. The van der Waals surface area contributed by atoms with Crippen molar-refractivity contribution in [1.29, 1.82) is 0 Å². The van der Waals surface area contributed by atoms with Gasteiger partial charge in [-0.15, -0.1) is 0 Å². The number of halogens is 1. The molecule has 1 aliphatic carbocycles. The molecule has 0 radical (unpaired) electrons. The first-order valence-corrected chi connectivity index (χ1v) is 8.54. The van der Waals surface area contributed by atoms with E-state index in [4.69, 9.17) is 11.6 Å². The van der Waals surface area contributed by atoms with Crippen LogP contribution in [0.2, 0.25) is 5.02 Å². The number of rotatable bonds is 5. The van der Waals surface area contributed by atoms with Crippen LogP contribution in [0.3, 0.4) is 0 Å². The van der Waals surface area contributed by atoms with Crippen LogP contribution in [0.4, 0.5) is 0 Å². The molecule has 142 valence electrons. The fourth-order valence-electron chi connectivity index (χ4n) is 3.96. The van der Waals surface area contributed by atoms with E-state index in [1.165, 1.54) is 0 Å². The van der Waals surface area contributed by atoms with Gasteiger partial charge in [0.05, 0.1) is 11.6 Å². The van der Waals surface area contributed by atoms with E-state index in [-0.39, 0.29) is 5.56 Å². The molecule has 0 aliphatic heterocycles. The Morgan fingerprint density at radius 1 is 0.960 bits per heavy atom. The molecule has 1 aliphatic rings. The summed E-state index contributed by atoms with van der Waals surface area (Å²) in [7, 11) is 3.33. The van der Waals surface area contributed by atoms with Crippen molar-refractivity contribution < 1.29 is 30.6 Å². The second-order valence-corrected chi connectivity index (χ2v) is 7.77. The second-order valence-electron chi connectivity index (χ2n) is 7.40. The van der Waals surface area contributed by atoms with E-state index in [9.17, 15) is 30.6 Å². The molecule has 1 aromatic carbocycles. The molecule has 0 bridgehead atoms. The smallest absolute Gasteiger partial charge is 0.181 e. The van der Waals surface area contributed by atoms with E-state index in [1.807, 2.05) is 0 Å². The zero-order valence-electron chi connectivity index (χ0n) is 14.8. The first-order valence-electron chi connectivity index (χ1n) is 8.16. The largest absolute Gasteiger partial charge is 0.504 e. The van der Waals surface area contributed by atoms with Gasteiger partial charge in [0, 0.05) is 11.3 Å². The number of phenolic OH excluding ortho intramolecular Hbond substituents is 4. The van der Waals surface area contributed by atoms with E-state index < -0.39 is 51.2 Å². The summed E-state index contributed by atoms with van der Waals surface area (Å²) in [6.45, 7) is 3.30. The first kappa shape index (κ1) is 19.9. The predicted molar refractivity (Wildman–Crippen MR) is 93.1 cm³/mol. The molecule has 8 heteroatoms. The molecule has 1 unspecified atom stereocenters. The van der Waals surface area contributed by atoms with E-state index in [0.29, 0.717) is 12.8 Å². The van der Waals surface area contributed by atoms with Crippen LogP contribution >= 0.6 is 11.6 Å². The zero-order valence-corrected chi connectivity index (χ0v) is 15.5. The van der Waals surface area contributed by atoms with Gasteiger partial charge in [0.15, 0.2) is 28.8 Å². The molecule has 6 N–H and O–H groups in total. The first-order chi connectivity index (χ1) is 11.4. The van der Waals surface area contributed by atoms with Crippen LogP contribution in [0.1, 0.15) is 38.7 Å². The second kappa shape index (κ2) is 6.39. The van der Waals surface area contributed by atoms with Crippen LogP contribution in [0.25, 0.3) is 0 Å². The molecule has 7 nitrogen and oxygen atoms in total. The third-order valence-corrected chi connectivity index (χ3v) is 5.73. The Kier molecular flexibility index (Phi) is 5.09. The lowest BCUT2D eigenvalue weighted by Crippen LogP contribution is -2.65. The van der Waals surface area contributed by atoms with Crippen LogP contribution < -0.4 is 0 Å². The van der Waals surface area contributed by atoms with Gasteiger partial charge in [-0.05, 0) is 26.9 Å². The lowest BCUT2D eigenvalue weighted by atomic mass is 9.56. The van der Waals surface area contributed by atoms with Crippen LogP contribution in [-0.4, -0.2) is 61.5 Å². The number of likely N-dealkylation sites (N-methyl/N-ethyl adjacent to an activating group) is 1. The van der Waals surface area contributed by atoms with Crippen molar-refractivity contribution in [3.63, 3.8) is 0 Å². The number of aromatic hydroxyl groups is 4. The van der Waals surface area contributed by atoms with Gasteiger partial charge < -0.3 is 35.5 Å². The molecule has 2 rings (SSSR count). The fraction of sp³-hybridized carbons (Fsp3) is 0.647. The number of benzene rings is 1. The third kappa shape index (κ3) is 2.79. The van der Waals surface area contributed by atoms with Crippen molar-refractivity contribution in [2.75, 3.05) is 14.1 Å². The highest BCUT2D eigenvalue weighted by atomic mass is 35.5. The number of nitrogens with zero attached hydrogens (tertiary/aromatic N) is 1. The van der Waals surface area contributed by atoms with Crippen LogP contribution in [0, 0.1) is 5.92 Å². The minimum absolute atomic E-state index is 0.120. The molecule has 0 saturated heterocycles. The molecule has 0 amide bonds. The monoisotopic (exact) mass is 375 g/mol. The molecule has 0 spiro atoms. The lowest BCUT2D eigenvalue weighted by molar-refractivity contribution is -0.250. The van der Waals surface area contributed by atoms with Crippen molar-refractivity contribution >= 4 is 11.6 Å². The summed E-state index contributed by atoms with van der Waals surface area (Å²) in [4.78, 5) is 1.61. The van der Waals surface area contributed by atoms with Gasteiger partial charge in [-0.2, -0.15) is 0 Å². The Hall–Kier alpha value is -1.41. The molecule has 1 aromatic rings. The van der Waals surface area contributed by atoms with Gasteiger partial charge in [-0.25, -0.2) is 0 Å². The number of phenols is 4. The summed E-state index contributed by atoms with van der Waals surface area (Å²) >= 11 is 5.72. The SMILES string of the molecule is CC(C)C(O)(O)C(N(C)C)C1(c2c(O)c(O)c(Cl)c(O)c2O)CCC1. The minimum Gasteiger partial charge on any atom is -0.504 e. The highest BCUT2D eigenvalue weighted by Crippen LogP contribution is 2.61. The van der Waals surface area contributed by atoms with Gasteiger partial charge in [-0.1, -0.05) is 31.9 Å². The maximum atomic E-state index is 10.8.